The normalized spacial score (nSPS) is 11.6. The summed E-state index contributed by atoms with van der Waals surface area (Å²) in [5, 5.41) is 2.72. The van der Waals surface area contributed by atoms with Gasteiger partial charge in [-0.15, -0.1) is 0 Å². The maximum Gasteiger partial charge on any atom is 0.261 e. The topological polar surface area (TPSA) is 58.6 Å². The fourth-order valence-electron chi connectivity index (χ4n) is 2.78. The summed E-state index contributed by atoms with van der Waals surface area (Å²) in [4.78, 5) is 26.6. The molecule has 28 heavy (non-hydrogen) atoms. The molecule has 7 heteroatoms. The quantitative estimate of drug-likeness (QED) is 0.715. The molecule has 0 aromatic heterocycles. The lowest BCUT2D eigenvalue weighted by Crippen LogP contribution is -2.50. The van der Waals surface area contributed by atoms with Crippen molar-refractivity contribution in [1.82, 2.24) is 10.2 Å². The monoisotopic (exact) mass is 390 g/mol. The van der Waals surface area contributed by atoms with Gasteiger partial charge in [0.1, 0.15) is 11.9 Å². The molecule has 0 aliphatic carbocycles. The number of benzene rings is 2. The van der Waals surface area contributed by atoms with Gasteiger partial charge in [0.25, 0.3) is 5.91 Å². The van der Waals surface area contributed by atoms with Crippen LogP contribution in [0.2, 0.25) is 0 Å². The van der Waals surface area contributed by atoms with Gasteiger partial charge >= 0.3 is 0 Å². The lowest BCUT2D eigenvalue weighted by molar-refractivity contribution is -0.143. The summed E-state index contributed by atoms with van der Waals surface area (Å²) in [6, 6.07) is 10.8. The van der Waals surface area contributed by atoms with E-state index in [4.69, 9.17) is 4.74 Å². The van der Waals surface area contributed by atoms with Crippen molar-refractivity contribution in [2.24, 2.45) is 0 Å². The van der Waals surface area contributed by atoms with Gasteiger partial charge in [-0.25, -0.2) is 8.78 Å². The van der Waals surface area contributed by atoms with Crippen LogP contribution in [0, 0.1) is 11.6 Å². The number of nitrogens with one attached hydrogen (secondary N) is 1. The van der Waals surface area contributed by atoms with E-state index < -0.39 is 24.4 Å². The van der Waals surface area contributed by atoms with E-state index in [-0.39, 0.29) is 24.0 Å². The summed E-state index contributed by atoms with van der Waals surface area (Å²) >= 11 is 0. The highest BCUT2D eigenvalue weighted by Crippen LogP contribution is 2.17. The number of rotatable bonds is 9. The Labute approximate surface area is 163 Å². The van der Waals surface area contributed by atoms with Gasteiger partial charge in [0.05, 0.1) is 0 Å². The average molecular weight is 390 g/mol. The van der Waals surface area contributed by atoms with Crippen LogP contribution in [-0.2, 0) is 16.1 Å². The number of carbonyl (C=O) groups is 2. The van der Waals surface area contributed by atoms with Crippen LogP contribution >= 0.6 is 0 Å². The Balaban J connectivity index is 2.19. The van der Waals surface area contributed by atoms with Crippen molar-refractivity contribution in [1.29, 1.82) is 0 Å². The third-order valence-electron chi connectivity index (χ3n) is 4.19. The largest absolute Gasteiger partial charge is 0.481 e. The second-order valence-electron chi connectivity index (χ2n) is 6.19. The summed E-state index contributed by atoms with van der Waals surface area (Å²) in [6.45, 7) is 3.70. The molecule has 0 fully saturated rings. The Morgan fingerprint density at radius 3 is 2.36 bits per heavy atom. The van der Waals surface area contributed by atoms with E-state index in [9.17, 15) is 18.4 Å². The zero-order valence-corrected chi connectivity index (χ0v) is 16.0. The maximum absolute atomic E-state index is 13.7. The minimum atomic E-state index is -0.721. The van der Waals surface area contributed by atoms with Crippen LogP contribution in [0.4, 0.5) is 8.78 Å². The number of halogens is 2. The van der Waals surface area contributed by atoms with Gasteiger partial charge in [0.15, 0.2) is 18.2 Å². The highest BCUT2D eigenvalue weighted by molar-refractivity contribution is 5.88. The van der Waals surface area contributed by atoms with E-state index in [1.54, 1.807) is 32.0 Å². The fraction of sp³-hybridized carbons (Fsp3) is 0.333. The first-order valence-electron chi connectivity index (χ1n) is 9.15. The van der Waals surface area contributed by atoms with Crippen molar-refractivity contribution < 1.29 is 23.1 Å². The van der Waals surface area contributed by atoms with Gasteiger partial charge in [0.2, 0.25) is 5.91 Å². The molecule has 0 aliphatic heterocycles. The van der Waals surface area contributed by atoms with Gasteiger partial charge < -0.3 is 15.0 Å². The smallest absolute Gasteiger partial charge is 0.261 e. The van der Waals surface area contributed by atoms with Crippen LogP contribution in [-0.4, -0.2) is 35.9 Å². The number of hydrogen-bond donors (Lipinski definition) is 1. The molecule has 2 aromatic carbocycles. The molecule has 5 nitrogen and oxygen atoms in total. The lowest BCUT2D eigenvalue weighted by Gasteiger charge is -2.30. The Morgan fingerprint density at radius 1 is 1.07 bits per heavy atom. The standard InChI is InChI=1S/C21H24F2N2O3/c1-3-18(21(27)24-4-2)25(13-15-9-11-16(22)12-10-15)20(26)14-28-19-8-6-5-7-17(19)23/h5-12,18H,3-4,13-14H2,1-2H3,(H,24,27)/t18-/m1/s1. The molecule has 2 rings (SSSR count). The molecule has 0 bridgehead atoms. The Kier molecular flexibility index (Phi) is 7.92. The third-order valence-corrected chi connectivity index (χ3v) is 4.19. The molecule has 0 saturated heterocycles. The van der Waals surface area contributed by atoms with Gasteiger partial charge in [-0.3, -0.25) is 9.59 Å². The molecule has 1 atom stereocenters. The van der Waals surface area contributed by atoms with E-state index >= 15 is 0 Å². The summed E-state index contributed by atoms with van der Waals surface area (Å²) in [7, 11) is 0. The fourth-order valence-corrected chi connectivity index (χ4v) is 2.78. The number of ether oxygens (including phenoxy) is 1. The highest BCUT2D eigenvalue weighted by atomic mass is 19.1. The van der Waals surface area contributed by atoms with E-state index in [1.807, 2.05) is 0 Å². The third kappa shape index (κ3) is 5.77. The summed E-state index contributed by atoms with van der Waals surface area (Å²) in [6.07, 6.45) is 0.387. The minimum Gasteiger partial charge on any atom is -0.481 e. The number of hydrogen-bond acceptors (Lipinski definition) is 3. The second-order valence-corrected chi connectivity index (χ2v) is 6.19. The Bertz CT molecular complexity index is 796. The number of likely N-dealkylation sites (N-methyl/N-ethyl adjacent to an activating group) is 1. The summed E-state index contributed by atoms with van der Waals surface area (Å²) in [5.74, 6) is -1.75. The maximum atomic E-state index is 13.7. The molecular weight excluding hydrogens is 366 g/mol. The number of amides is 2. The summed E-state index contributed by atoms with van der Waals surface area (Å²) in [5.41, 5.74) is 0.670. The minimum absolute atomic E-state index is 0.0383. The molecular formula is C21H24F2N2O3. The number of para-hydroxylation sites is 1. The summed E-state index contributed by atoms with van der Waals surface area (Å²) < 4.78 is 32.2. The molecule has 2 aromatic rings. The van der Waals surface area contributed by atoms with E-state index in [0.29, 0.717) is 18.5 Å². The first-order chi connectivity index (χ1) is 13.5. The molecule has 0 radical (unpaired) electrons. The molecule has 0 unspecified atom stereocenters. The molecule has 2 amide bonds. The molecule has 0 saturated carbocycles. The van der Waals surface area contributed by atoms with Crippen LogP contribution in [0.15, 0.2) is 48.5 Å². The van der Waals surface area contributed by atoms with Crippen LogP contribution in [0.1, 0.15) is 25.8 Å². The van der Waals surface area contributed by atoms with Gasteiger partial charge in [-0.2, -0.15) is 0 Å². The first kappa shape index (κ1) is 21.3. The van der Waals surface area contributed by atoms with Crippen molar-refractivity contribution in [3.05, 3.63) is 65.7 Å². The van der Waals surface area contributed by atoms with E-state index in [2.05, 4.69) is 5.32 Å². The molecule has 0 spiro atoms. The molecule has 1 N–H and O–H groups in total. The van der Waals surface area contributed by atoms with Gasteiger partial charge in [-0.1, -0.05) is 31.2 Å². The average Bonchev–Trinajstić information content (AvgIpc) is 2.68. The number of carbonyl (C=O) groups excluding carboxylic acids is 2. The Morgan fingerprint density at radius 2 is 1.75 bits per heavy atom. The van der Waals surface area contributed by atoms with Crippen LogP contribution in [0.3, 0.4) is 0 Å². The van der Waals surface area contributed by atoms with E-state index in [1.165, 1.54) is 35.2 Å². The first-order valence-corrected chi connectivity index (χ1v) is 9.15. The van der Waals surface area contributed by atoms with Crippen LogP contribution < -0.4 is 10.1 Å². The van der Waals surface area contributed by atoms with E-state index in [0.717, 1.165) is 0 Å². The molecule has 0 aliphatic rings. The van der Waals surface area contributed by atoms with Crippen molar-refractivity contribution in [2.75, 3.05) is 13.2 Å². The van der Waals surface area contributed by atoms with Crippen LogP contribution in [0.5, 0.6) is 5.75 Å². The van der Waals surface area contributed by atoms with Crippen molar-refractivity contribution in [2.45, 2.75) is 32.9 Å². The van der Waals surface area contributed by atoms with Crippen molar-refractivity contribution >= 4 is 11.8 Å². The zero-order chi connectivity index (χ0) is 20.5. The predicted molar refractivity (Wildman–Crippen MR) is 102 cm³/mol. The van der Waals surface area contributed by atoms with Gasteiger partial charge in [0, 0.05) is 13.1 Å². The SMILES string of the molecule is CCNC(=O)[C@@H](CC)N(Cc1ccc(F)cc1)C(=O)COc1ccccc1F. The van der Waals surface area contributed by atoms with Crippen LogP contribution in [0.25, 0.3) is 0 Å². The zero-order valence-electron chi connectivity index (χ0n) is 16.0. The molecule has 150 valence electrons. The van der Waals surface area contributed by atoms with Gasteiger partial charge in [-0.05, 0) is 43.2 Å². The lowest BCUT2D eigenvalue weighted by atomic mass is 10.1. The van der Waals surface area contributed by atoms with Crippen molar-refractivity contribution in [3.63, 3.8) is 0 Å². The second kappa shape index (κ2) is 10.4. The number of nitrogens with zero attached hydrogens (tertiary/aromatic N) is 1. The Hall–Kier alpha value is -2.96. The molecule has 0 heterocycles. The predicted octanol–water partition coefficient (Wildman–Crippen LogP) is 3.29. The highest BCUT2D eigenvalue weighted by Gasteiger charge is 2.28. The van der Waals surface area contributed by atoms with Crippen molar-refractivity contribution in [3.8, 4) is 5.75 Å².